The Bertz CT molecular complexity index is 3590. The highest BCUT2D eigenvalue weighted by Gasteiger charge is 2.48. The molecule has 2 aliphatic rings. The van der Waals surface area contributed by atoms with Crippen LogP contribution in [0.25, 0.3) is 0 Å². The Balaban J connectivity index is 1.85. The average Bonchev–Trinajstić information content (AvgIpc) is 1.57. The second-order valence-corrected chi connectivity index (χ2v) is 35.2. The Labute approximate surface area is 748 Å². The van der Waals surface area contributed by atoms with Gasteiger partial charge in [-0.05, 0) is 105 Å². The Morgan fingerprint density at radius 2 is 0.897 bits per heavy atom. The fraction of sp³-hybridized carbons (Fsp3) is 0.750. The van der Waals surface area contributed by atoms with Gasteiger partial charge >= 0.3 is 11.9 Å². The molecular weight excluding hydrogens is 1630 g/mol. The molecule has 4 rings (SSSR count). The number of nitrogens with one attached hydrogen (secondary N) is 4. The van der Waals surface area contributed by atoms with Crippen molar-refractivity contribution in [1.29, 1.82) is 0 Å². The van der Waals surface area contributed by atoms with Gasteiger partial charge in [0.05, 0.1) is 132 Å². The molecule has 10 N–H and O–H groups in total. The van der Waals surface area contributed by atoms with Crippen LogP contribution in [0.5, 0.6) is 0 Å². The number of methoxy groups -OCH3 is 4. The fourth-order valence-electron chi connectivity index (χ4n) is 18.0. The fourth-order valence-corrected chi connectivity index (χ4v) is 18.0. The van der Waals surface area contributed by atoms with Crippen LogP contribution in [0, 0.1) is 47.3 Å². The number of ether oxygens (including phenoxy) is 7. The third-order valence-corrected chi connectivity index (χ3v) is 25.4. The molecule has 2 heterocycles. The van der Waals surface area contributed by atoms with E-state index in [2.05, 4.69) is 26.1 Å². The summed E-state index contributed by atoms with van der Waals surface area (Å²) in [6.07, 6.45) is 1.22. The number of carbonyl (C=O) groups is 11. The monoisotopic (exact) mass is 1780 g/mol. The van der Waals surface area contributed by atoms with Gasteiger partial charge in [0.1, 0.15) is 30.2 Å². The number of amides is 9. The van der Waals surface area contributed by atoms with Crippen LogP contribution in [0.15, 0.2) is 60.7 Å². The molecule has 34 heteroatoms. The van der Waals surface area contributed by atoms with E-state index in [1.54, 1.807) is 112 Å². The van der Waals surface area contributed by atoms with E-state index in [4.69, 9.17) is 49.8 Å². The predicted octanol–water partition coefficient (Wildman–Crippen LogP) is 6.30. The molecule has 0 bridgehead atoms. The predicted molar refractivity (Wildman–Crippen MR) is 477 cm³/mol. The topological polar surface area (TPSA) is 431 Å². The smallest absolute Gasteiger partial charge is 0.326 e. The van der Waals surface area contributed by atoms with Gasteiger partial charge in [-0.3, -0.25) is 48.1 Å². The SMILES string of the molecule is CC[C@H](CCC(C)[C@H](NC(=O)[C@H](C(C)C)N(C)CCOCCOCCOCCON)C(=O)N(C)[C@@H]([C@@H](C)CC)[C@@H](CC(=O)N1CCC[C@H]1[C@H](OC)[C@@H](C)C(=O)N[C@@H](Cc1ccccc1)C(=O)O)OC)[C@@H]([C@@H](CC(=O)N1CCC[C@H]1[C@H](OC)[C@@H](C)C(=O)N[C@@H](Cc1ccccc1)C(=O)O)OC)N(C)C(=O)[C@@H](NC(=O)[C@H](C(C)C)N(C)C(=O)CCCCCON)C(C)C. The summed E-state index contributed by atoms with van der Waals surface area (Å²) in [6.45, 7) is 25.4. The van der Waals surface area contributed by atoms with Gasteiger partial charge in [0.15, 0.2) is 0 Å². The molecular formula is C92H156N12O22. The van der Waals surface area contributed by atoms with Crippen molar-refractivity contribution in [2.75, 3.05) is 129 Å². The number of aliphatic carboxylic acids is 2. The minimum atomic E-state index is -1.27. The molecule has 9 amide bonds. The summed E-state index contributed by atoms with van der Waals surface area (Å²) in [5.41, 5.74) is 1.43. The normalized spacial score (nSPS) is 18.3. The van der Waals surface area contributed by atoms with Gasteiger partial charge in [-0.2, -0.15) is 0 Å². The van der Waals surface area contributed by atoms with Crippen molar-refractivity contribution < 1.29 is 106 Å². The Hall–Kier alpha value is -7.87. The van der Waals surface area contributed by atoms with Crippen molar-refractivity contribution in [3.05, 3.63) is 71.8 Å². The lowest BCUT2D eigenvalue weighted by Gasteiger charge is -2.43. The van der Waals surface area contributed by atoms with Crippen LogP contribution in [-0.2, 0) is 108 Å². The molecule has 19 atom stereocenters. The standard InChI is InChI=1S/C92H156N12O22/c1-21-61(9)81(72(118-17)56-75(106)103-43-32-38-70(103)83(120-19)63(11)85(108)95-68(91(114)115)54-65-34-26-23-27-35-65)101(15)90(113)78(98-87(110)79(59(5)6)99(13)45-47-122-48-49-123-50-51-124-52-53-126-94)62(10)41-42-67(22-2)82(102(16)89(112)77(58(3)4)97-88(111)80(60(7)8)100(14)74(105)40-30-25-31-46-125-93)73(119-18)57-76(107)104-44-33-39-71(104)84(121-20)64(12)86(109)96-69(92(116)117)55-66-36-28-24-29-37-66/h23-24,26-29,34-37,58-64,67-73,77-84H,21-22,25,30-33,38-57,93-94H2,1-20H3,(H,95,108)(H,96,109)(H,97,111)(H,98,110)(H,114,115)(H,116,117)/t61-,62?,63+,64+,67+,68-,69-,70-,71-,72+,73+,77-,78-,79-,80-,81-,82-,83+,84+/m0/s1. The molecule has 34 nitrogen and oxygen atoms in total. The first-order valence-electron chi connectivity index (χ1n) is 45.3. The summed E-state index contributed by atoms with van der Waals surface area (Å²) in [7, 11) is 12.5. The number of benzene rings is 2. The van der Waals surface area contributed by atoms with Gasteiger partial charge in [-0.15, -0.1) is 0 Å². The van der Waals surface area contributed by atoms with Gasteiger partial charge in [0, 0.05) is 88.5 Å². The number of hydrogen-bond donors (Lipinski definition) is 8. The lowest BCUT2D eigenvalue weighted by molar-refractivity contribution is -0.149. The van der Waals surface area contributed by atoms with Crippen molar-refractivity contribution in [1.82, 2.24) is 50.7 Å². The van der Waals surface area contributed by atoms with Crippen LogP contribution in [0.1, 0.15) is 184 Å². The summed E-state index contributed by atoms with van der Waals surface area (Å²) in [4.78, 5) is 180. The summed E-state index contributed by atoms with van der Waals surface area (Å²) < 4.78 is 42.1. The number of rotatable bonds is 63. The van der Waals surface area contributed by atoms with E-state index in [-0.39, 0.29) is 107 Å². The zero-order chi connectivity index (χ0) is 94.0. The number of carboxylic acids is 2. The summed E-state index contributed by atoms with van der Waals surface area (Å²) in [5.74, 6) is -0.825. The maximum atomic E-state index is 16.3. The quantitative estimate of drug-likeness (QED) is 0.0266. The third kappa shape index (κ3) is 33.9. The van der Waals surface area contributed by atoms with E-state index >= 15 is 24.0 Å². The van der Waals surface area contributed by atoms with Gasteiger partial charge < -0.3 is 98.8 Å². The van der Waals surface area contributed by atoms with Crippen molar-refractivity contribution in [3.8, 4) is 0 Å². The van der Waals surface area contributed by atoms with Crippen molar-refractivity contribution in [2.45, 2.75) is 271 Å². The number of nitrogens with two attached hydrogens (primary N) is 2. The molecule has 2 aromatic carbocycles. The van der Waals surface area contributed by atoms with Crippen LogP contribution in [0.3, 0.4) is 0 Å². The van der Waals surface area contributed by atoms with Crippen LogP contribution in [0.2, 0.25) is 0 Å². The number of likely N-dealkylation sites (tertiary alicyclic amines) is 2. The molecule has 1 unspecified atom stereocenters. The van der Waals surface area contributed by atoms with Crippen molar-refractivity contribution in [2.24, 2.45) is 59.1 Å². The molecule has 0 saturated carbocycles. The molecule has 0 spiro atoms. The molecule has 716 valence electrons. The Morgan fingerprint density at radius 1 is 0.468 bits per heavy atom. The zero-order valence-corrected chi connectivity index (χ0v) is 79.0. The molecule has 2 aromatic rings. The van der Waals surface area contributed by atoms with E-state index in [0.717, 1.165) is 5.56 Å². The van der Waals surface area contributed by atoms with Gasteiger partial charge in [-0.1, -0.05) is 163 Å². The number of carbonyl (C=O) groups excluding carboxylic acids is 9. The highest BCUT2D eigenvalue weighted by Crippen LogP contribution is 2.35. The van der Waals surface area contributed by atoms with Gasteiger partial charge in [0.2, 0.25) is 53.2 Å². The molecule has 2 saturated heterocycles. The minimum Gasteiger partial charge on any atom is -0.480 e. The Morgan fingerprint density at radius 3 is 1.32 bits per heavy atom. The summed E-state index contributed by atoms with van der Waals surface area (Å²) in [6, 6.07) is 8.17. The van der Waals surface area contributed by atoms with E-state index in [1.165, 1.54) is 38.2 Å². The lowest BCUT2D eigenvalue weighted by Crippen LogP contribution is -2.61. The average molecular weight is 1780 g/mol. The van der Waals surface area contributed by atoms with Crippen LogP contribution >= 0.6 is 0 Å². The highest BCUT2D eigenvalue weighted by molar-refractivity contribution is 5.93. The van der Waals surface area contributed by atoms with Gasteiger partial charge in [0.25, 0.3) is 0 Å². The first-order valence-corrected chi connectivity index (χ1v) is 45.3. The van der Waals surface area contributed by atoms with E-state index in [9.17, 15) is 39.0 Å². The van der Waals surface area contributed by atoms with E-state index < -0.39 is 168 Å². The highest BCUT2D eigenvalue weighted by atomic mass is 16.6. The number of carboxylic acid groups (broad SMARTS) is 2. The first kappa shape index (κ1) is 110. The molecule has 0 aliphatic carbocycles. The molecule has 126 heavy (non-hydrogen) atoms. The van der Waals surface area contributed by atoms with E-state index in [1.807, 2.05) is 79.5 Å². The molecule has 2 fully saturated rings. The van der Waals surface area contributed by atoms with Crippen LogP contribution in [-0.4, -0.2) is 319 Å². The molecule has 0 radical (unpaired) electrons. The maximum Gasteiger partial charge on any atom is 0.326 e. The maximum absolute atomic E-state index is 16.3. The summed E-state index contributed by atoms with van der Waals surface area (Å²) >= 11 is 0. The second kappa shape index (κ2) is 57.9. The minimum absolute atomic E-state index is 0.0233. The second-order valence-electron chi connectivity index (χ2n) is 35.2. The summed E-state index contributed by atoms with van der Waals surface area (Å²) in [5, 5.41) is 32.3. The van der Waals surface area contributed by atoms with E-state index in [0.29, 0.717) is 103 Å². The van der Waals surface area contributed by atoms with Crippen molar-refractivity contribution >= 4 is 65.1 Å². The number of nitrogens with zero attached hydrogens (tertiary/aromatic N) is 6. The van der Waals surface area contributed by atoms with Crippen LogP contribution in [0.4, 0.5) is 0 Å². The molecule has 2 aliphatic heterocycles. The number of hydrogen-bond acceptors (Lipinski definition) is 23. The first-order chi connectivity index (χ1) is 60.0. The van der Waals surface area contributed by atoms with Crippen LogP contribution < -0.4 is 33.1 Å². The number of likely N-dealkylation sites (N-methyl/N-ethyl adjacent to an activating group) is 4. The van der Waals surface area contributed by atoms with Gasteiger partial charge in [-0.25, -0.2) is 21.4 Å². The Kier molecular flexibility index (Phi) is 50.8. The molecule has 0 aromatic heterocycles. The zero-order valence-electron chi connectivity index (χ0n) is 79.0. The largest absolute Gasteiger partial charge is 0.480 e. The lowest BCUT2D eigenvalue weighted by atomic mass is 9.82. The van der Waals surface area contributed by atoms with Crippen molar-refractivity contribution in [3.63, 3.8) is 0 Å². The number of unbranched alkanes of at least 4 members (excludes halogenated alkanes) is 2. The third-order valence-electron chi connectivity index (χ3n) is 25.4.